The van der Waals surface area contributed by atoms with Gasteiger partial charge in [0, 0.05) is 24.1 Å². The largest absolute Gasteiger partial charge is 0.350 e. The molecule has 2 rings (SSSR count). The molecule has 0 saturated carbocycles. The number of carbonyl (C=O) groups is 2. The van der Waals surface area contributed by atoms with Crippen molar-refractivity contribution in [2.45, 2.75) is 52.5 Å². The standard InChI is InChI=1S/C21H27N3O2/c1-6-14(2)23-19(25)15-11-16(13-22-12-15)20(26)24-18-10-8-7-9-17(18)21(3,4)5/h7-14H,6H2,1-5H3,(H,23,25)(H,24,26). The van der Waals surface area contributed by atoms with E-state index in [1.54, 1.807) is 6.07 Å². The van der Waals surface area contributed by atoms with E-state index in [4.69, 9.17) is 0 Å². The van der Waals surface area contributed by atoms with Gasteiger partial charge in [-0.25, -0.2) is 0 Å². The summed E-state index contributed by atoms with van der Waals surface area (Å²) in [4.78, 5) is 29.0. The van der Waals surface area contributed by atoms with Gasteiger partial charge in [-0.3, -0.25) is 14.6 Å². The van der Waals surface area contributed by atoms with E-state index in [1.807, 2.05) is 38.1 Å². The van der Waals surface area contributed by atoms with Crippen LogP contribution in [0.4, 0.5) is 5.69 Å². The number of anilines is 1. The van der Waals surface area contributed by atoms with Gasteiger partial charge in [-0.1, -0.05) is 45.9 Å². The number of rotatable bonds is 5. The minimum Gasteiger partial charge on any atom is -0.350 e. The number of nitrogens with one attached hydrogen (secondary N) is 2. The van der Waals surface area contributed by atoms with Crippen molar-refractivity contribution in [2.24, 2.45) is 0 Å². The van der Waals surface area contributed by atoms with Crippen LogP contribution in [0.3, 0.4) is 0 Å². The Balaban J connectivity index is 2.22. The normalized spacial score (nSPS) is 12.3. The number of nitrogens with zero attached hydrogens (tertiary/aromatic N) is 1. The van der Waals surface area contributed by atoms with Gasteiger partial charge in [-0.15, -0.1) is 0 Å². The predicted octanol–water partition coefficient (Wildman–Crippen LogP) is 4.16. The first kappa shape index (κ1) is 19.6. The topological polar surface area (TPSA) is 71.1 Å². The molecule has 5 nitrogen and oxygen atoms in total. The van der Waals surface area contributed by atoms with E-state index in [1.165, 1.54) is 12.4 Å². The number of hydrogen-bond acceptors (Lipinski definition) is 3. The minimum atomic E-state index is -0.285. The first-order chi connectivity index (χ1) is 12.2. The highest BCUT2D eigenvalue weighted by atomic mass is 16.2. The van der Waals surface area contributed by atoms with Crippen LogP contribution in [0.2, 0.25) is 0 Å². The van der Waals surface area contributed by atoms with Crippen molar-refractivity contribution in [1.29, 1.82) is 0 Å². The lowest BCUT2D eigenvalue weighted by molar-refractivity contribution is 0.0939. The Morgan fingerprint density at radius 3 is 2.31 bits per heavy atom. The maximum Gasteiger partial charge on any atom is 0.257 e. The van der Waals surface area contributed by atoms with Crippen LogP contribution in [-0.4, -0.2) is 22.8 Å². The van der Waals surface area contributed by atoms with Crippen LogP contribution in [-0.2, 0) is 5.41 Å². The molecule has 1 atom stereocenters. The molecule has 0 aliphatic rings. The zero-order valence-corrected chi connectivity index (χ0v) is 16.1. The fourth-order valence-electron chi connectivity index (χ4n) is 2.54. The highest BCUT2D eigenvalue weighted by Gasteiger charge is 2.19. The summed E-state index contributed by atoms with van der Waals surface area (Å²) in [7, 11) is 0. The van der Waals surface area contributed by atoms with E-state index in [0.717, 1.165) is 17.7 Å². The van der Waals surface area contributed by atoms with Gasteiger partial charge < -0.3 is 10.6 Å². The molecule has 0 spiro atoms. The van der Waals surface area contributed by atoms with Crippen LogP contribution in [0, 0.1) is 0 Å². The number of aromatic nitrogens is 1. The minimum absolute atomic E-state index is 0.0682. The van der Waals surface area contributed by atoms with Gasteiger partial charge in [-0.2, -0.15) is 0 Å². The molecule has 0 saturated heterocycles. The average molecular weight is 353 g/mol. The SMILES string of the molecule is CCC(C)NC(=O)c1cncc(C(=O)Nc2ccccc2C(C)(C)C)c1. The molecule has 5 heteroatoms. The van der Waals surface area contributed by atoms with Crippen LogP contribution in [0.1, 0.15) is 67.3 Å². The summed E-state index contributed by atoms with van der Waals surface area (Å²) in [5, 5.41) is 5.82. The first-order valence-electron chi connectivity index (χ1n) is 8.89. The van der Waals surface area contributed by atoms with Crippen molar-refractivity contribution in [3.63, 3.8) is 0 Å². The third-order valence-electron chi connectivity index (χ3n) is 4.24. The molecule has 0 aliphatic carbocycles. The lowest BCUT2D eigenvalue weighted by Gasteiger charge is -2.23. The third-order valence-corrected chi connectivity index (χ3v) is 4.24. The number of para-hydroxylation sites is 1. The zero-order chi connectivity index (χ0) is 19.3. The predicted molar refractivity (Wildman–Crippen MR) is 105 cm³/mol. The number of hydrogen-bond donors (Lipinski definition) is 2. The molecule has 1 aromatic heterocycles. The molecule has 1 unspecified atom stereocenters. The number of benzene rings is 1. The molecule has 0 bridgehead atoms. The van der Waals surface area contributed by atoms with Gasteiger partial charge in [0.15, 0.2) is 0 Å². The van der Waals surface area contributed by atoms with E-state index in [2.05, 4.69) is 36.4 Å². The van der Waals surface area contributed by atoms with Crippen LogP contribution < -0.4 is 10.6 Å². The summed E-state index contributed by atoms with van der Waals surface area (Å²) >= 11 is 0. The quantitative estimate of drug-likeness (QED) is 0.848. The molecule has 1 heterocycles. The summed E-state index contributed by atoms with van der Waals surface area (Å²) < 4.78 is 0. The molecule has 2 aromatic rings. The first-order valence-corrected chi connectivity index (χ1v) is 8.89. The Morgan fingerprint density at radius 1 is 1.08 bits per heavy atom. The van der Waals surface area contributed by atoms with E-state index in [9.17, 15) is 9.59 Å². The van der Waals surface area contributed by atoms with Gasteiger partial charge >= 0.3 is 0 Å². The fraction of sp³-hybridized carbons (Fsp3) is 0.381. The second-order valence-electron chi connectivity index (χ2n) is 7.49. The molecule has 2 amide bonds. The highest BCUT2D eigenvalue weighted by Crippen LogP contribution is 2.29. The van der Waals surface area contributed by atoms with E-state index in [0.29, 0.717) is 11.1 Å². The summed E-state index contributed by atoms with van der Waals surface area (Å²) in [5.41, 5.74) is 2.44. The molecule has 0 fully saturated rings. The Kier molecular flexibility index (Phi) is 6.14. The monoisotopic (exact) mass is 353 g/mol. The lowest BCUT2D eigenvalue weighted by Crippen LogP contribution is -2.32. The number of pyridine rings is 1. The van der Waals surface area contributed by atoms with Crippen LogP contribution in [0.5, 0.6) is 0 Å². The van der Waals surface area contributed by atoms with Crippen molar-refractivity contribution in [1.82, 2.24) is 10.3 Å². The van der Waals surface area contributed by atoms with E-state index >= 15 is 0 Å². The van der Waals surface area contributed by atoms with Crippen molar-refractivity contribution < 1.29 is 9.59 Å². The van der Waals surface area contributed by atoms with Gasteiger partial charge in [0.25, 0.3) is 11.8 Å². The Bertz CT molecular complexity index is 794. The summed E-state index contributed by atoms with van der Waals surface area (Å²) in [5.74, 6) is -0.510. The maximum absolute atomic E-state index is 12.7. The summed E-state index contributed by atoms with van der Waals surface area (Å²) in [6.45, 7) is 10.2. The number of carbonyl (C=O) groups excluding carboxylic acids is 2. The molecule has 138 valence electrons. The molecular formula is C21H27N3O2. The Hall–Kier alpha value is -2.69. The van der Waals surface area contributed by atoms with E-state index in [-0.39, 0.29) is 23.3 Å². The Labute approximate surface area is 155 Å². The Morgan fingerprint density at radius 2 is 1.69 bits per heavy atom. The summed E-state index contributed by atoms with van der Waals surface area (Å²) in [6.07, 6.45) is 3.77. The van der Waals surface area contributed by atoms with Crippen molar-refractivity contribution in [3.8, 4) is 0 Å². The smallest absolute Gasteiger partial charge is 0.257 e. The van der Waals surface area contributed by atoms with Gasteiger partial charge in [0.1, 0.15) is 0 Å². The second-order valence-corrected chi connectivity index (χ2v) is 7.49. The van der Waals surface area contributed by atoms with Crippen LogP contribution in [0.25, 0.3) is 0 Å². The van der Waals surface area contributed by atoms with Gasteiger partial charge in [0.05, 0.1) is 11.1 Å². The third kappa shape index (κ3) is 4.91. The maximum atomic E-state index is 12.7. The van der Waals surface area contributed by atoms with Crippen molar-refractivity contribution in [3.05, 3.63) is 59.4 Å². The molecule has 0 radical (unpaired) electrons. The second kappa shape index (κ2) is 8.13. The fourth-order valence-corrected chi connectivity index (χ4v) is 2.54. The molecular weight excluding hydrogens is 326 g/mol. The van der Waals surface area contributed by atoms with Gasteiger partial charge in [0.2, 0.25) is 0 Å². The van der Waals surface area contributed by atoms with Gasteiger partial charge in [-0.05, 0) is 36.5 Å². The molecule has 0 aliphatic heterocycles. The zero-order valence-electron chi connectivity index (χ0n) is 16.1. The highest BCUT2D eigenvalue weighted by molar-refractivity contribution is 6.06. The molecule has 2 N–H and O–H groups in total. The average Bonchev–Trinajstić information content (AvgIpc) is 2.61. The summed E-state index contributed by atoms with van der Waals surface area (Å²) in [6, 6.07) is 9.37. The molecule has 1 aromatic carbocycles. The number of amides is 2. The van der Waals surface area contributed by atoms with Crippen LogP contribution in [0.15, 0.2) is 42.7 Å². The van der Waals surface area contributed by atoms with E-state index < -0.39 is 0 Å². The van der Waals surface area contributed by atoms with Crippen molar-refractivity contribution >= 4 is 17.5 Å². The van der Waals surface area contributed by atoms with Crippen molar-refractivity contribution in [2.75, 3.05) is 5.32 Å². The molecule has 26 heavy (non-hydrogen) atoms. The lowest BCUT2D eigenvalue weighted by atomic mass is 9.86. The van der Waals surface area contributed by atoms with Crippen LogP contribution >= 0.6 is 0 Å².